The van der Waals surface area contributed by atoms with E-state index in [1.54, 1.807) is 0 Å². The van der Waals surface area contributed by atoms with Crippen LogP contribution in [0.15, 0.2) is 22.9 Å². The van der Waals surface area contributed by atoms with Crippen molar-refractivity contribution in [3.63, 3.8) is 0 Å². The first-order chi connectivity index (χ1) is 6.72. The van der Waals surface area contributed by atoms with Gasteiger partial charge in [-0.1, -0.05) is 0 Å². The lowest BCUT2D eigenvalue weighted by atomic mass is 10.3. The van der Waals surface area contributed by atoms with Gasteiger partial charge < -0.3 is 4.90 Å². The standard InChI is InChI=1S/C10H15BrN2S/c1-13(3-4-14-2)8-9-5-10(11)7-12-6-9/h5-7H,3-4,8H2,1-2H3. The summed E-state index contributed by atoms with van der Waals surface area (Å²) in [6.07, 6.45) is 5.86. The topological polar surface area (TPSA) is 16.1 Å². The van der Waals surface area contributed by atoms with Crippen LogP contribution in [0, 0.1) is 0 Å². The van der Waals surface area contributed by atoms with Crippen molar-refractivity contribution in [3.8, 4) is 0 Å². The Morgan fingerprint density at radius 1 is 1.50 bits per heavy atom. The van der Waals surface area contributed by atoms with Crippen LogP contribution < -0.4 is 0 Å². The van der Waals surface area contributed by atoms with Crippen molar-refractivity contribution in [3.05, 3.63) is 28.5 Å². The van der Waals surface area contributed by atoms with E-state index in [-0.39, 0.29) is 0 Å². The number of nitrogens with zero attached hydrogens (tertiary/aromatic N) is 2. The van der Waals surface area contributed by atoms with Crippen LogP contribution in [0.4, 0.5) is 0 Å². The van der Waals surface area contributed by atoms with Crippen molar-refractivity contribution in [2.45, 2.75) is 6.54 Å². The summed E-state index contributed by atoms with van der Waals surface area (Å²) in [5.41, 5.74) is 1.25. The van der Waals surface area contributed by atoms with Crippen LogP contribution in [0.5, 0.6) is 0 Å². The molecule has 0 saturated heterocycles. The summed E-state index contributed by atoms with van der Waals surface area (Å²) in [4.78, 5) is 6.44. The number of thioether (sulfide) groups is 1. The van der Waals surface area contributed by atoms with Gasteiger partial charge in [-0.25, -0.2) is 0 Å². The summed E-state index contributed by atoms with van der Waals surface area (Å²) in [5, 5.41) is 0. The van der Waals surface area contributed by atoms with E-state index in [0.717, 1.165) is 17.6 Å². The molecule has 0 atom stereocenters. The molecule has 2 nitrogen and oxygen atoms in total. The maximum absolute atomic E-state index is 4.14. The Hall–Kier alpha value is -0.0600. The molecule has 4 heteroatoms. The Morgan fingerprint density at radius 3 is 2.93 bits per heavy atom. The fraction of sp³-hybridized carbons (Fsp3) is 0.500. The van der Waals surface area contributed by atoms with Crippen LogP contribution in [0.1, 0.15) is 5.56 Å². The molecule has 0 aromatic carbocycles. The van der Waals surface area contributed by atoms with Crippen LogP contribution in [-0.2, 0) is 6.54 Å². The number of rotatable bonds is 5. The first kappa shape index (κ1) is 12.0. The normalized spacial score (nSPS) is 10.9. The van der Waals surface area contributed by atoms with E-state index in [2.05, 4.69) is 45.2 Å². The van der Waals surface area contributed by atoms with E-state index in [1.807, 2.05) is 24.2 Å². The van der Waals surface area contributed by atoms with Crippen LogP contribution in [-0.4, -0.2) is 35.5 Å². The van der Waals surface area contributed by atoms with Gasteiger partial charge in [-0.05, 0) is 40.9 Å². The van der Waals surface area contributed by atoms with E-state index >= 15 is 0 Å². The summed E-state index contributed by atoms with van der Waals surface area (Å²) in [5.74, 6) is 1.18. The van der Waals surface area contributed by atoms with Gasteiger partial charge in [-0.3, -0.25) is 4.98 Å². The van der Waals surface area contributed by atoms with Gasteiger partial charge >= 0.3 is 0 Å². The SMILES string of the molecule is CSCCN(C)Cc1cncc(Br)c1. The molecular weight excluding hydrogens is 260 g/mol. The molecule has 0 spiro atoms. The van der Waals surface area contributed by atoms with Gasteiger partial charge in [-0.15, -0.1) is 0 Å². The van der Waals surface area contributed by atoms with Crippen LogP contribution in [0.3, 0.4) is 0 Å². The second-order valence-electron chi connectivity index (χ2n) is 3.24. The fourth-order valence-corrected chi connectivity index (χ4v) is 2.09. The Balaban J connectivity index is 2.43. The smallest absolute Gasteiger partial charge is 0.0410 e. The zero-order valence-electron chi connectivity index (χ0n) is 8.53. The van der Waals surface area contributed by atoms with Gasteiger partial charge in [0.2, 0.25) is 0 Å². The predicted octanol–water partition coefficient (Wildman–Crippen LogP) is 2.64. The molecule has 0 saturated carbocycles. The second kappa shape index (κ2) is 6.43. The third-order valence-corrected chi connectivity index (χ3v) is 2.92. The minimum Gasteiger partial charge on any atom is -0.301 e. The fourth-order valence-electron chi connectivity index (χ4n) is 1.18. The minimum absolute atomic E-state index is 0.965. The third kappa shape index (κ3) is 4.44. The first-order valence-corrected chi connectivity index (χ1v) is 6.68. The average molecular weight is 275 g/mol. The van der Waals surface area contributed by atoms with Gasteiger partial charge in [0.25, 0.3) is 0 Å². The molecule has 0 aliphatic rings. The van der Waals surface area contributed by atoms with Crippen molar-refractivity contribution in [2.75, 3.05) is 25.6 Å². The highest BCUT2D eigenvalue weighted by molar-refractivity contribution is 9.10. The van der Waals surface area contributed by atoms with E-state index in [1.165, 1.54) is 11.3 Å². The first-order valence-electron chi connectivity index (χ1n) is 4.49. The minimum atomic E-state index is 0.965. The highest BCUT2D eigenvalue weighted by Crippen LogP contribution is 2.11. The van der Waals surface area contributed by atoms with Gasteiger partial charge in [0.1, 0.15) is 0 Å². The summed E-state index contributed by atoms with van der Waals surface area (Å²) in [7, 11) is 2.14. The molecule has 0 N–H and O–H groups in total. The van der Waals surface area contributed by atoms with E-state index in [0.29, 0.717) is 0 Å². The Morgan fingerprint density at radius 2 is 2.29 bits per heavy atom. The lowest BCUT2D eigenvalue weighted by Crippen LogP contribution is -2.20. The highest BCUT2D eigenvalue weighted by Gasteiger charge is 2.00. The van der Waals surface area contributed by atoms with Crippen molar-refractivity contribution in [2.24, 2.45) is 0 Å². The monoisotopic (exact) mass is 274 g/mol. The van der Waals surface area contributed by atoms with Crippen molar-refractivity contribution < 1.29 is 0 Å². The van der Waals surface area contributed by atoms with Gasteiger partial charge in [0.15, 0.2) is 0 Å². The summed E-state index contributed by atoms with van der Waals surface area (Å²) >= 11 is 5.30. The molecule has 0 aliphatic carbocycles. The lowest BCUT2D eigenvalue weighted by molar-refractivity contribution is 0.348. The number of pyridine rings is 1. The summed E-state index contributed by atoms with van der Waals surface area (Å²) in [6, 6.07) is 2.11. The molecular formula is C10H15BrN2S. The quantitative estimate of drug-likeness (QED) is 0.822. The molecule has 1 aromatic heterocycles. The van der Waals surface area contributed by atoms with Gasteiger partial charge in [-0.2, -0.15) is 11.8 Å². The van der Waals surface area contributed by atoms with Crippen LogP contribution >= 0.6 is 27.7 Å². The number of halogens is 1. The van der Waals surface area contributed by atoms with Crippen molar-refractivity contribution >= 4 is 27.7 Å². The van der Waals surface area contributed by atoms with Crippen molar-refractivity contribution in [1.82, 2.24) is 9.88 Å². The molecule has 0 bridgehead atoms. The summed E-state index contributed by atoms with van der Waals surface area (Å²) < 4.78 is 1.05. The zero-order chi connectivity index (χ0) is 10.4. The Labute approximate surface area is 98.2 Å². The molecule has 0 unspecified atom stereocenters. The molecule has 0 amide bonds. The molecule has 0 fully saturated rings. The van der Waals surface area contributed by atoms with E-state index in [9.17, 15) is 0 Å². The Bertz CT molecular complexity index is 281. The Kier molecular flexibility index (Phi) is 5.52. The summed E-state index contributed by atoms with van der Waals surface area (Å²) in [6.45, 7) is 2.08. The van der Waals surface area contributed by atoms with Crippen molar-refractivity contribution in [1.29, 1.82) is 0 Å². The predicted molar refractivity (Wildman–Crippen MR) is 66.7 cm³/mol. The zero-order valence-corrected chi connectivity index (χ0v) is 10.9. The largest absolute Gasteiger partial charge is 0.301 e. The van der Waals surface area contributed by atoms with E-state index in [4.69, 9.17) is 0 Å². The molecule has 78 valence electrons. The molecule has 1 aromatic rings. The molecule has 0 radical (unpaired) electrons. The van der Waals surface area contributed by atoms with Crippen LogP contribution in [0.25, 0.3) is 0 Å². The average Bonchev–Trinajstić information content (AvgIpc) is 2.15. The lowest BCUT2D eigenvalue weighted by Gasteiger charge is -2.15. The van der Waals surface area contributed by atoms with Crippen LogP contribution in [0.2, 0.25) is 0 Å². The molecule has 1 rings (SSSR count). The number of aromatic nitrogens is 1. The third-order valence-electron chi connectivity index (χ3n) is 1.89. The number of hydrogen-bond donors (Lipinski definition) is 0. The molecule has 1 heterocycles. The maximum atomic E-state index is 4.14. The van der Waals surface area contributed by atoms with Gasteiger partial charge in [0.05, 0.1) is 0 Å². The molecule has 0 aliphatic heterocycles. The van der Waals surface area contributed by atoms with E-state index < -0.39 is 0 Å². The maximum Gasteiger partial charge on any atom is 0.0410 e. The molecule has 14 heavy (non-hydrogen) atoms. The highest BCUT2D eigenvalue weighted by atomic mass is 79.9. The number of hydrogen-bond acceptors (Lipinski definition) is 3. The van der Waals surface area contributed by atoms with Gasteiger partial charge in [0, 0.05) is 35.7 Å². The second-order valence-corrected chi connectivity index (χ2v) is 5.14.